The number of ether oxygens (including phenoxy) is 1. The van der Waals surface area contributed by atoms with E-state index in [9.17, 15) is 14.4 Å². The van der Waals surface area contributed by atoms with Crippen LogP contribution in [-0.4, -0.2) is 67.1 Å². The number of thioether (sulfide) groups is 1. The molecule has 0 bridgehead atoms. The Bertz CT molecular complexity index is 887. The van der Waals surface area contributed by atoms with Gasteiger partial charge in [-0.1, -0.05) is 18.2 Å². The molecule has 1 aromatic carbocycles. The molecule has 0 aliphatic carbocycles. The molecule has 11 heteroatoms. The summed E-state index contributed by atoms with van der Waals surface area (Å²) in [6.07, 6.45) is 2.35. The average molecular weight is 464 g/mol. The van der Waals surface area contributed by atoms with Crippen molar-refractivity contribution in [2.24, 2.45) is 0 Å². The number of nitrogens with zero attached hydrogens (tertiary/aromatic N) is 2. The fraction of sp³-hybridized carbons (Fsp3) is 0.400. The smallest absolute Gasteiger partial charge is 0.289 e. The summed E-state index contributed by atoms with van der Waals surface area (Å²) in [5.41, 5.74) is 5.48. The summed E-state index contributed by atoms with van der Waals surface area (Å²) in [6, 6.07) is 7.90. The second-order valence-corrected chi connectivity index (χ2v) is 8.55. The minimum Gasteiger partial charge on any atom is -0.378 e. The minimum atomic E-state index is -0.778. The van der Waals surface area contributed by atoms with Crippen molar-refractivity contribution < 1.29 is 19.1 Å². The summed E-state index contributed by atoms with van der Waals surface area (Å²) in [5, 5.41) is 5.12. The van der Waals surface area contributed by atoms with Crippen molar-refractivity contribution in [3.05, 3.63) is 47.0 Å². The maximum atomic E-state index is 12.6. The molecule has 1 fully saturated rings. The molecule has 1 aliphatic rings. The highest BCUT2D eigenvalue weighted by molar-refractivity contribution is 7.98. The molecule has 1 atom stereocenters. The molecule has 31 heavy (non-hydrogen) atoms. The third-order valence-electron chi connectivity index (χ3n) is 4.57. The SMILES string of the molecule is CSCC[C@H](NC(=O)c1ccccc1)C(=O)NNC(=O)c1csc(N2CCOCC2)n1. The molecule has 3 N–H and O–H groups in total. The van der Waals surface area contributed by atoms with Crippen LogP contribution < -0.4 is 21.1 Å². The predicted octanol–water partition coefficient (Wildman–Crippen LogP) is 1.29. The molecular weight excluding hydrogens is 438 g/mol. The number of hydrazine groups is 1. The van der Waals surface area contributed by atoms with Crippen molar-refractivity contribution in [2.75, 3.05) is 43.2 Å². The number of morpholine rings is 1. The van der Waals surface area contributed by atoms with Gasteiger partial charge in [-0.15, -0.1) is 11.3 Å². The standard InChI is InChI=1S/C20H25N5O4S2/c1-30-12-7-15(21-17(26)14-5-3-2-4-6-14)18(27)23-24-19(28)16-13-31-20(22-16)25-8-10-29-11-9-25/h2-6,13,15H,7-12H2,1H3,(H,21,26)(H,23,27)(H,24,28)/t15-/m0/s1. The molecule has 1 saturated heterocycles. The van der Waals surface area contributed by atoms with E-state index in [1.807, 2.05) is 12.3 Å². The number of amides is 3. The van der Waals surface area contributed by atoms with Crippen LogP contribution in [-0.2, 0) is 9.53 Å². The number of carbonyl (C=O) groups is 3. The van der Waals surface area contributed by atoms with Crippen molar-refractivity contribution in [1.29, 1.82) is 0 Å². The topological polar surface area (TPSA) is 113 Å². The zero-order valence-electron chi connectivity index (χ0n) is 17.1. The lowest BCUT2D eigenvalue weighted by atomic mass is 10.1. The summed E-state index contributed by atoms with van der Waals surface area (Å²) < 4.78 is 5.32. The second-order valence-electron chi connectivity index (χ2n) is 6.73. The second kappa shape index (κ2) is 11.7. The van der Waals surface area contributed by atoms with Gasteiger partial charge in [0.1, 0.15) is 11.7 Å². The van der Waals surface area contributed by atoms with E-state index >= 15 is 0 Å². The van der Waals surface area contributed by atoms with Crippen LogP contribution in [0, 0.1) is 0 Å². The zero-order chi connectivity index (χ0) is 22.1. The van der Waals surface area contributed by atoms with Crippen LogP contribution >= 0.6 is 23.1 Å². The summed E-state index contributed by atoms with van der Waals surface area (Å²) in [7, 11) is 0. The fourth-order valence-electron chi connectivity index (χ4n) is 2.87. The minimum absolute atomic E-state index is 0.223. The van der Waals surface area contributed by atoms with Gasteiger partial charge in [0.05, 0.1) is 13.2 Å². The van der Waals surface area contributed by atoms with Gasteiger partial charge in [-0.25, -0.2) is 4.98 Å². The fourth-order valence-corrected chi connectivity index (χ4v) is 4.20. The number of carbonyl (C=O) groups excluding carboxylic acids is 3. The molecular formula is C20H25N5O4S2. The zero-order valence-corrected chi connectivity index (χ0v) is 18.8. The van der Waals surface area contributed by atoms with Gasteiger partial charge in [-0.3, -0.25) is 25.2 Å². The molecule has 2 aromatic rings. The first-order valence-electron chi connectivity index (χ1n) is 9.81. The number of thiazole rings is 1. The van der Waals surface area contributed by atoms with Gasteiger partial charge in [-0.2, -0.15) is 11.8 Å². The van der Waals surface area contributed by atoms with Gasteiger partial charge in [0.15, 0.2) is 5.13 Å². The van der Waals surface area contributed by atoms with Crippen LogP contribution in [0.5, 0.6) is 0 Å². The van der Waals surface area contributed by atoms with Crippen LogP contribution in [0.4, 0.5) is 5.13 Å². The normalized spacial score (nSPS) is 14.5. The third-order valence-corrected chi connectivity index (χ3v) is 6.12. The highest BCUT2D eigenvalue weighted by atomic mass is 32.2. The number of hydrogen-bond acceptors (Lipinski definition) is 8. The first-order chi connectivity index (χ1) is 15.1. The number of benzene rings is 1. The Labute approximate surface area is 188 Å². The van der Waals surface area contributed by atoms with Gasteiger partial charge in [0.25, 0.3) is 17.7 Å². The van der Waals surface area contributed by atoms with Crippen LogP contribution in [0.3, 0.4) is 0 Å². The summed E-state index contributed by atoms with van der Waals surface area (Å²) in [6.45, 7) is 2.71. The molecule has 1 aromatic heterocycles. The molecule has 0 radical (unpaired) electrons. The molecule has 0 spiro atoms. The van der Waals surface area contributed by atoms with E-state index in [2.05, 4.69) is 26.1 Å². The van der Waals surface area contributed by atoms with Gasteiger partial charge in [-0.05, 0) is 30.6 Å². The van der Waals surface area contributed by atoms with Gasteiger partial charge in [0, 0.05) is 24.0 Å². The lowest BCUT2D eigenvalue weighted by molar-refractivity contribution is -0.123. The number of aromatic nitrogens is 1. The highest BCUT2D eigenvalue weighted by Crippen LogP contribution is 2.21. The number of hydrogen-bond donors (Lipinski definition) is 3. The molecule has 0 saturated carbocycles. The molecule has 1 aliphatic heterocycles. The monoisotopic (exact) mass is 463 g/mol. The summed E-state index contributed by atoms with van der Waals surface area (Å²) >= 11 is 2.94. The number of rotatable bonds is 8. The third kappa shape index (κ3) is 6.68. The maximum absolute atomic E-state index is 12.6. The Balaban J connectivity index is 1.55. The molecule has 2 heterocycles. The van der Waals surface area contributed by atoms with Crippen molar-refractivity contribution in [3.63, 3.8) is 0 Å². The molecule has 9 nitrogen and oxygen atoms in total. The van der Waals surface area contributed by atoms with Crippen molar-refractivity contribution in [2.45, 2.75) is 12.5 Å². The molecule has 0 unspecified atom stereocenters. The summed E-state index contributed by atoms with van der Waals surface area (Å²) in [5.74, 6) is -0.670. The van der Waals surface area contributed by atoms with E-state index in [0.717, 1.165) is 18.2 Å². The first-order valence-corrected chi connectivity index (χ1v) is 12.1. The Hall–Kier alpha value is -2.63. The maximum Gasteiger partial charge on any atom is 0.289 e. The van der Waals surface area contributed by atoms with Gasteiger partial charge >= 0.3 is 0 Å². The molecule has 166 valence electrons. The van der Waals surface area contributed by atoms with Crippen molar-refractivity contribution in [1.82, 2.24) is 21.2 Å². The largest absolute Gasteiger partial charge is 0.378 e. The summed E-state index contributed by atoms with van der Waals surface area (Å²) in [4.78, 5) is 43.9. The average Bonchev–Trinajstić information content (AvgIpc) is 3.31. The molecule has 3 amide bonds. The Morgan fingerprint density at radius 2 is 1.90 bits per heavy atom. The van der Waals surface area contributed by atoms with Gasteiger partial charge in [0.2, 0.25) is 0 Å². The molecule has 3 rings (SSSR count). The van der Waals surface area contributed by atoms with Crippen molar-refractivity contribution >= 4 is 46.0 Å². The Kier molecular flexibility index (Phi) is 8.68. The lowest BCUT2D eigenvalue weighted by Gasteiger charge is -2.25. The van der Waals surface area contributed by atoms with Crippen LogP contribution in [0.15, 0.2) is 35.7 Å². The Morgan fingerprint density at radius 3 is 2.61 bits per heavy atom. The Morgan fingerprint density at radius 1 is 1.16 bits per heavy atom. The van der Waals surface area contributed by atoms with E-state index in [4.69, 9.17) is 4.74 Å². The lowest BCUT2D eigenvalue weighted by Crippen LogP contribution is -2.52. The quantitative estimate of drug-likeness (QED) is 0.506. The van der Waals surface area contributed by atoms with E-state index in [1.165, 1.54) is 11.3 Å². The van der Waals surface area contributed by atoms with E-state index < -0.39 is 17.9 Å². The highest BCUT2D eigenvalue weighted by Gasteiger charge is 2.23. The predicted molar refractivity (Wildman–Crippen MR) is 121 cm³/mol. The van der Waals surface area contributed by atoms with Crippen LogP contribution in [0.25, 0.3) is 0 Å². The number of nitrogens with one attached hydrogen (secondary N) is 3. The van der Waals surface area contributed by atoms with E-state index in [0.29, 0.717) is 31.0 Å². The first kappa shape index (κ1) is 23.0. The van der Waals surface area contributed by atoms with E-state index in [-0.39, 0.29) is 11.6 Å². The van der Waals surface area contributed by atoms with Crippen molar-refractivity contribution in [3.8, 4) is 0 Å². The van der Waals surface area contributed by atoms with Gasteiger partial charge < -0.3 is 15.0 Å². The van der Waals surface area contributed by atoms with E-state index in [1.54, 1.807) is 41.4 Å². The van der Waals surface area contributed by atoms with Crippen LogP contribution in [0.2, 0.25) is 0 Å². The number of anilines is 1. The van der Waals surface area contributed by atoms with Crippen LogP contribution in [0.1, 0.15) is 27.3 Å².